The van der Waals surface area contributed by atoms with E-state index in [2.05, 4.69) is 48.2 Å². The van der Waals surface area contributed by atoms with Gasteiger partial charge in [0.15, 0.2) is 0 Å². The van der Waals surface area contributed by atoms with Crippen LogP contribution in [0.5, 0.6) is 0 Å². The van der Waals surface area contributed by atoms with Crippen LogP contribution in [0.25, 0.3) is 0 Å². The van der Waals surface area contributed by atoms with Gasteiger partial charge in [-0.2, -0.15) is 5.26 Å². The molecule has 0 bridgehead atoms. The lowest BCUT2D eigenvalue weighted by Crippen LogP contribution is -2.25. The molecule has 1 rings (SSSR count). The molecule has 0 radical (unpaired) electrons. The van der Waals surface area contributed by atoms with Gasteiger partial charge in [0.25, 0.3) is 0 Å². The van der Waals surface area contributed by atoms with E-state index in [4.69, 9.17) is 5.26 Å². The molecular weight excluding hydrogens is 196 g/mol. The van der Waals surface area contributed by atoms with Crippen LogP contribution in [0.1, 0.15) is 25.3 Å². The highest BCUT2D eigenvalue weighted by molar-refractivity contribution is 5.14. The quantitative estimate of drug-likeness (QED) is 0.700. The van der Waals surface area contributed by atoms with Gasteiger partial charge in [-0.1, -0.05) is 37.3 Å². The maximum absolute atomic E-state index is 8.54. The van der Waals surface area contributed by atoms with Gasteiger partial charge in [-0.25, -0.2) is 0 Å². The number of benzene rings is 1. The zero-order valence-corrected chi connectivity index (χ0v) is 10.0. The Morgan fingerprint density at radius 1 is 1.19 bits per heavy atom. The van der Waals surface area contributed by atoms with E-state index < -0.39 is 0 Å². The molecule has 0 aromatic heterocycles. The number of aryl methyl sites for hydroxylation is 1. The summed E-state index contributed by atoms with van der Waals surface area (Å²) < 4.78 is 0. The first-order chi connectivity index (χ1) is 7.86. The van der Waals surface area contributed by atoms with Crippen LogP contribution in [-0.4, -0.2) is 24.5 Å². The Hall–Kier alpha value is -1.33. The van der Waals surface area contributed by atoms with E-state index in [0.29, 0.717) is 6.42 Å². The molecule has 0 saturated heterocycles. The van der Waals surface area contributed by atoms with Gasteiger partial charge >= 0.3 is 0 Å². The summed E-state index contributed by atoms with van der Waals surface area (Å²) >= 11 is 0. The molecule has 86 valence electrons. The summed E-state index contributed by atoms with van der Waals surface area (Å²) in [5.74, 6) is 0. The van der Waals surface area contributed by atoms with Crippen LogP contribution in [0.3, 0.4) is 0 Å². The van der Waals surface area contributed by atoms with Gasteiger partial charge in [-0.3, -0.25) is 0 Å². The maximum atomic E-state index is 8.54. The van der Waals surface area contributed by atoms with Gasteiger partial charge in [0.05, 0.1) is 6.07 Å². The van der Waals surface area contributed by atoms with Crippen molar-refractivity contribution in [3.8, 4) is 6.07 Å². The Bertz CT molecular complexity index is 313. The van der Waals surface area contributed by atoms with Gasteiger partial charge in [0, 0.05) is 13.0 Å². The van der Waals surface area contributed by atoms with Crippen LogP contribution < -0.4 is 0 Å². The average Bonchev–Trinajstić information content (AvgIpc) is 2.35. The Balaban J connectivity index is 2.21. The molecule has 1 aromatic rings. The van der Waals surface area contributed by atoms with Crippen molar-refractivity contribution in [3.05, 3.63) is 35.9 Å². The number of hydrogen-bond acceptors (Lipinski definition) is 2. The van der Waals surface area contributed by atoms with Crippen molar-refractivity contribution in [2.45, 2.75) is 26.2 Å². The van der Waals surface area contributed by atoms with Gasteiger partial charge < -0.3 is 4.90 Å². The summed E-state index contributed by atoms with van der Waals surface area (Å²) in [5.41, 5.74) is 1.40. The highest BCUT2D eigenvalue weighted by Gasteiger charge is 2.01. The molecule has 0 amide bonds. The summed E-state index contributed by atoms with van der Waals surface area (Å²) in [6.45, 7) is 5.19. The van der Waals surface area contributed by atoms with Gasteiger partial charge in [0.1, 0.15) is 0 Å². The molecule has 0 aliphatic rings. The lowest BCUT2D eigenvalue weighted by molar-refractivity contribution is 0.291. The fourth-order valence-corrected chi connectivity index (χ4v) is 1.79. The maximum Gasteiger partial charge on any atom is 0.0635 e. The third-order valence-corrected chi connectivity index (χ3v) is 2.77. The third-order valence-electron chi connectivity index (χ3n) is 2.77. The topological polar surface area (TPSA) is 27.0 Å². The van der Waals surface area contributed by atoms with E-state index in [9.17, 15) is 0 Å². The molecule has 2 heteroatoms. The molecule has 0 fully saturated rings. The molecule has 0 atom stereocenters. The zero-order valence-electron chi connectivity index (χ0n) is 10.0. The summed E-state index contributed by atoms with van der Waals surface area (Å²) in [7, 11) is 0. The zero-order chi connectivity index (χ0) is 11.6. The second-order valence-electron chi connectivity index (χ2n) is 3.93. The molecule has 0 N–H and O–H groups in total. The van der Waals surface area contributed by atoms with Gasteiger partial charge in [-0.15, -0.1) is 0 Å². The van der Waals surface area contributed by atoms with Gasteiger partial charge in [-0.05, 0) is 31.5 Å². The number of rotatable bonds is 7. The first kappa shape index (κ1) is 12.7. The lowest BCUT2D eigenvalue weighted by atomic mass is 10.1. The minimum absolute atomic E-state index is 0.638. The van der Waals surface area contributed by atoms with E-state index in [1.807, 2.05) is 0 Å². The Morgan fingerprint density at radius 3 is 2.56 bits per heavy atom. The summed E-state index contributed by atoms with van der Waals surface area (Å²) in [6, 6.07) is 12.8. The molecule has 0 unspecified atom stereocenters. The minimum Gasteiger partial charge on any atom is -0.303 e. The second kappa shape index (κ2) is 7.90. The van der Waals surface area contributed by atoms with Crippen molar-refractivity contribution in [1.82, 2.24) is 4.90 Å². The molecule has 0 spiro atoms. The first-order valence-corrected chi connectivity index (χ1v) is 6.00. The second-order valence-corrected chi connectivity index (χ2v) is 3.93. The van der Waals surface area contributed by atoms with E-state index in [0.717, 1.165) is 26.1 Å². The Labute approximate surface area is 98.5 Å². The molecule has 0 aliphatic heterocycles. The minimum atomic E-state index is 0.638. The van der Waals surface area contributed by atoms with Crippen LogP contribution in [0.4, 0.5) is 0 Å². The average molecular weight is 216 g/mol. The Kier molecular flexibility index (Phi) is 6.29. The monoisotopic (exact) mass is 216 g/mol. The van der Waals surface area contributed by atoms with E-state index in [1.165, 1.54) is 12.0 Å². The first-order valence-electron chi connectivity index (χ1n) is 6.00. The number of nitriles is 1. The fraction of sp³-hybridized carbons (Fsp3) is 0.500. The number of hydrogen-bond donors (Lipinski definition) is 0. The van der Waals surface area contributed by atoms with Crippen molar-refractivity contribution in [3.63, 3.8) is 0 Å². The lowest BCUT2D eigenvalue weighted by Gasteiger charge is -2.18. The van der Waals surface area contributed by atoms with Crippen LogP contribution in [-0.2, 0) is 6.42 Å². The standard InChI is InChI=1S/C14H20N2/c1-2-16(13-7-11-15)12-6-10-14-8-4-3-5-9-14/h3-5,8-9H,2,6-7,10,12-13H2,1H3. The SMILES string of the molecule is CCN(CCC#N)CCCc1ccccc1. The van der Waals surface area contributed by atoms with E-state index in [-0.39, 0.29) is 0 Å². The fourth-order valence-electron chi connectivity index (χ4n) is 1.79. The molecular formula is C14H20N2. The summed E-state index contributed by atoms with van der Waals surface area (Å²) in [6.07, 6.45) is 2.94. The third kappa shape index (κ3) is 4.95. The van der Waals surface area contributed by atoms with Gasteiger partial charge in [0.2, 0.25) is 0 Å². The van der Waals surface area contributed by atoms with Crippen molar-refractivity contribution in [2.24, 2.45) is 0 Å². The van der Waals surface area contributed by atoms with Crippen LogP contribution >= 0.6 is 0 Å². The smallest absolute Gasteiger partial charge is 0.0635 e. The molecule has 0 saturated carbocycles. The van der Waals surface area contributed by atoms with Crippen LogP contribution in [0.2, 0.25) is 0 Å². The van der Waals surface area contributed by atoms with Crippen LogP contribution in [0, 0.1) is 11.3 Å². The van der Waals surface area contributed by atoms with Crippen molar-refractivity contribution < 1.29 is 0 Å². The highest BCUT2D eigenvalue weighted by Crippen LogP contribution is 2.03. The van der Waals surface area contributed by atoms with E-state index in [1.54, 1.807) is 0 Å². The molecule has 0 aliphatic carbocycles. The molecule has 2 nitrogen and oxygen atoms in total. The normalized spacial score (nSPS) is 10.3. The molecule has 1 aromatic carbocycles. The van der Waals surface area contributed by atoms with Crippen molar-refractivity contribution in [1.29, 1.82) is 5.26 Å². The summed E-state index contributed by atoms with van der Waals surface area (Å²) in [5, 5.41) is 8.54. The predicted octanol–water partition coefficient (Wildman–Crippen LogP) is 2.85. The highest BCUT2D eigenvalue weighted by atomic mass is 15.1. The molecule has 16 heavy (non-hydrogen) atoms. The molecule has 0 heterocycles. The van der Waals surface area contributed by atoms with Crippen molar-refractivity contribution >= 4 is 0 Å². The van der Waals surface area contributed by atoms with Crippen molar-refractivity contribution in [2.75, 3.05) is 19.6 Å². The van der Waals surface area contributed by atoms with E-state index >= 15 is 0 Å². The summed E-state index contributed by atoms with van der Waals surface area (Å²) in [4.78, 5) is 2.34. The predicted molar refractivity (Wildman–Crippen MR) is 67.1 cm³/mol. The Morgan fingerprint density at radius 2 is 1.94 bits per heavy atom. The number of nitrogens with zero attached hydrogens (tertiary/aromatic N) is 2. The largest absolute Gasteiger partial charge is 0.303 e. The van der Waals surface area contributed by atoms with Crippen LogP contribution in [0.15, 0.2) is 30.3 Å².